The number of nitrogens with one attached hydrogen (secondary N) is 1. The molecule has 1 aromatic heterocycles. The highest BCUT2D eigenvalue weighted by atomic mass is 35.5. The van der Waals surface area contributed by atoms with Crippen LogP contribution >= 0.6 is 23.2 Å². The monoisotopic (exact) mass is 300 g/mol. The zero-order valence-corrected chi connectivity index (χ0v) is 11.9. The number of aromatic nitrogens is 1. The van der Waals surface area contributed by atoms with Gasteiger partial charge in [0, 0.05) is 34.8 Å². The van der Waals surface area contributed by atoms with E-state index in [1.807, 2.05) is 13.0 Å². The number of hydrogen-bond acceptors (Lipinski definition) is 4. The maximum absolute atomic E-state index is 10.1. The predicted octanol–water partition coefficient (Wildman–Crippen LogP) is 3.11. The molecule has 0 bridgehead atoms. The van der Waals surface area contributed by atoms with Crippen LogP contribution in [0, 0.1) is 6.92 Å². The van der Waals surface area contributed by atoms with Gasteiger partial charge in [-0.2, -0.15) is 0 Å². The minimum Gasteiger partial charge on any atom is -0.387 e. The second-order valence-corrected chi connectivity index (χ2v) is 5.09. The molecule has 0 aliphatic heterocycles. The number of aliphatic hydroxyl groups is 1. The van der Waals surface area contributed by atoms with Gasteiger partial charge in [-0.1, -0.05) is 28.4 Å². The summed E-state index contributed by atoms with van der Waals surface area (Å²) in [5.41, 5.74) is 1.40. The van der Waals surface area contributed by atoms with Gasteiger partial charge in [-0.3, -0.25) is 0 Å². The molecule has 19 heavy (non-hydrogen) atoms. The Morgan fingerprint density at radius 1 is 1.37 bits per heavy atom. The number of aliphatic hydroxyl groups excluding tert-OH is 1. The topological polar surface area (TPSA) is 58.3 Å². The molecule has 0 fully saturated rings. The molecule has 0 saturated carbocycles. The highest BCUT2D eigenvalue weighted by Crippen LogP contribution is 2.25. The van der Waals surface area contributed by atoms with Crippen molar-refractivity contribution < 1.29 is 9.63 Å². The van der Waals surface area contributed by atoms with E-state index in [9.17, 15) is 5.11 Å². The minimum atomic E-state index is -0.723. The first kappa shape index (κ1) is 14.3. The molecule has 0 aliphatic rings. The lowest BCUT2D eigenvalue weighted by atomic mass is 10.1. The molecule has 1 aromatic carbocycles. The quantitative estimate of drug-likeness (QED) is 0.891. The van der Waals surface area contributed by atoms with Crippen molar-refractivity contribution >= 4 is 23.2 Å². The van der Waals surface area contributed by atoms with Crippen molar-refractivity contribution in [3.8, 4) is 0 Å². The summed E-state index contributed by atoms with van der Waals surface area (Å²) in [6.07, 6.45) is -0.723. The van der Waals surface area contributed by atoms with Crippen LogP contribution < -0.4 is 5.32 Å². The molecule has 1 unspecified atom stereocenters. The zero-order valence-electron chi connectivity index (χ0n) is 10.4. The molecule has 0 amide bonds. The smallest absolute Gasteiger partial charge is 0.133 e. The van der Waals surface area contributed by atoms with E-state index in [4.69, 9.17) is 27.7 Å². The molecule has 4 nitrogen and oxygen atoms in total. The molecular weight excluding hydrogens is 287 g/mol. The predicted molar refractivity (Wildman–Crippen MR) is 74.4 cm³/mol. The zero-order chi connectivity index (χ0) is 13.8. The summed E-state index contributed by atoms with van der Waals surface area (Å²) in [5, 5.41) is 18.0. The van der Waals surface area contributed by atoms with Gasteiger partial charge in [-0.15, -0.1) is 0 Å². The first-order chi connectivity index (χ1) is 9.06. The molecule has 1 heterocycles. The van der Waals surface area contributed by atoms with Gasteiger partial charge in [0.25, 0.3) is 0 Å². The molecule has 102 valence electrons. The summed E-state index contributed by atoms with van der Waals surface area (Å²) >= 11 is 11.9. The van der Waals surface area contributed by atoms with Gasteiger partial charge in [-0.25, -0.2) is 0 Å². The Morgan fingerprint density at radius 2 is 2.16 bits per heavy atom. The largest absolute Gasteiger partial charge is 0.387 e. The average Bonchev–Trinajstić information content (AvgIpc) is 2.78. The van der Waals surface area contributed by atoms with Crippen molar-refractivity contribution in [1.82, 2.24) is 10.5 Å². The molecule has 0 aliphatic carbocycles. The Morgan fingerprint density at radius 3 is 2.84 bits per heavy atom. The SMILES string of the molecule is Cc1cc(CNCC(O)c2cc(Cl)ccc2Cl)no1. The van der Waals surface area contributed by atoms with E-state index in [0.29, 0.717) is 28.7 Å². The lowest BCUT2D eigenvalue weighted by Crippen LogP contribution is -2.21. The summed E-state index contributed by atoms with van der Waals surface area (Å²) in [7, 11) is 0. The Hall–Kier alpha value is -1.07. The van der Waals surface area contributed by atoms with Crippen LogP contribution in [0.5, 0.6) is 0 Å². The third kappa shape index (κ3) is 3.94. The molecule has 1 atom stereocenters. The van der Waals surface area contributed by atoms with Gasteiger partial charge in [0.05, 0.1) is 11.8 Å². The number of nitrogens with zero attached hydrogens (tertiary/aromatic N) is 1. The number of benzene rings is 1. The second kappa shape index (κ2) is 6.39. The second-order valence-electron chi connectivity index (χ2n) is 4.24. The fourth-order valence-corrected chi connectivity index (χ4v) is 2.14. The Labute approximate surface area is 121 Å². The van der Waals surface area contributed by atoms with E-state index in [0.717, 1.165) is 11.5 Å². The van der Waals surface area contributed by atoms with E-state index in [1.165, 1.54) is 0 Å². The summed E-state index contributed by atoms with van der Waals surface area (Å²) in [5.74, 6) is 0.759. The third-order valence-corrected chi connectivity index (χ3v) is 3.22. The van der Waals surface area contributed by atoms with Gasteiger partial charge < -0.3 is 14.9 Å². The molecule has 2 aromatic rings. The van der Waals surface area contributed by atoms with Crippen molar-refractivity contribution in [3.63, 3.8) is 0 Å². The van der Waals surface area contributed by atoms with Gasteiger partial charge in [-0.05, 0) is 25.1 Å². The van der Waals surface area contributed by atoms with Gasteiger partial charge >= 0.3 is 0 Å². The van der Waals surface area contributed by atoms with Crippen molar-refractivity contribution in [2.45, 2.75) is 19.6 Å². The van der Waals surface area contributed by atoms with E-state index in [-0.39, 0.29) is 0 Å². The maximum Gasteiger partial charge on any atom is 0.133 e. The fourth-order valence-electron chi connectivity index (χ4n) is 1.72. The van der Waals surface area contributed by atoms with E-state index in [2.05, 4.69) is 10.5 Å². The third-order valence-electron chi connectivity index (χ3n) is 2.64. The van der Waals surface area contributed by atoms with Gasteiger partial charge in [0.15, 0.2) is 0 Å². The van der Waals surface area contributed by atoms with Crippen molar-refractivity contribution in [2.75, 3.05) is 6.54 Å². The maximum atomic E-state index is 10.1. The summed E-state index contributed by atoms with van der Waals surface area (Å²) < 4.78 is 4.95. The van der Waals surface area contributed by atoms with Gasteiger partial charge in [0.2, 0.25) is 0 Å². The average molecular weight is 301 g/mol. The minimum absolute atomic E-state index is 0.353. The van der Waals surface area contributed by atoms with Crippen LogP contribution in [0.1, 0.15) is 23.1 Å². The number of aryl methyl sites for hydroxylation is 1. The van der Waals surface area contributed by atoms with E-state index < -0.39 is 6.10 Å². The summed E-state index contributed by atoms with van der Waals surface area (Å²) in [6, 6.07) is 6.86. The highest BCUT2D eigenvalue weighted by molar-refractivity contribution is 6.33. The molecular formula is C13H14Cl2N2O2. The van der Waals surface area contributed by atoms with Crippen LogP contribution in [0.3, 0.4) is 0 Å². The van der Waals surface area contributed by atoms with E-state index in [1.54, 1.807) is 18.2 Å². The standard InChI is InChI=1S/C13H14Cl2N2O2/c1-8-4-10(17-19-8)6-16-7-13(18)11-5-9(14)2-3-12(11)15/h2-5,13,16,18H,6-7H2,1H3. The van der Waals surface area contributed by atoms with Crippen molar-refractivity contribution in [3.05, 3.63) is 51.3 Å². The Kier molecular flexibility index (Phi) is 4.82. The summed E-state index contributed by atoms with van der Waals surface area (Å²) in [4.78, 5) is 0. The molecule has 0 radical (unpaired) electrons. The molecule has 0 saturated heterocycles. The lowest BCUT2D eigenvalue weighted by molar-refractivity contribution is 0.174. The van der Waals surface area contributed by atoms with Crippen molar-refractivity contribution in [1.29, 1.82) is 0 Å². The normalized spacial score (nSPS) is 12.6. The fraction of sp³-hybridized carbons (Fsp3) is 0.308. The van der Waals surface area contributed by atoms with Crippen molar-refractivity contribution in [2.24, 2.45) is 0 Å². The molecule has 6 heteroatoms. The van der Waals surface area contributed by atoms with Crippen LogP contribution in [-0.2, 0) is 6.54 Å². The van der Waals surface area contributed by atoms with Crippen LogP contribution in [0.25, 0.3) is 0 Å². The summed E-state index contributed by atoms with van der Waals surface area (Å²) in [6.45, 7) is 2.70. The molecule has 0 spiro atoms. The van der Waals surface area contributed by atoms with E-state index >= 15 is 0 Å². The Bertz CT molecular complexity index is 557. The number of hydrogen-bond donors (Lipinski definition) is 2. The first-order valence-electron chi connectivity index (χ1n) is 5.82. The first-order valence-corrected chi connectivity index (χ1v) is 6.58. The van der Waals surface area contributed by atoms with Gasteiger partial charge in [0.1, 0.15) is 5.76 Å². The number of halogens is 2. The highest BCUT2D eigenvalue weighted by Gasteiger charge is 2.12. The van der Waals surface area contributed by atoms with Crippen LogP contribution in [0.15, 0.2) is 28.8 Å². The van der Waals surface area contributed by atoms with Crippen LogP contribution in [-0.4, -0.2) is 16.8 Å². The van der Waals surface area contributed by atoms with Crippen LogP contribution in [0.4, 0.5) is 0 Å². The molecule has 2 N–H and O–H groups in total. The van der Waals surface area contributed by atoms with Crippen LogP contribution in [0.2, 0.25) is 10.0 Å². The molecule has 2 rings (SSSR count). The Balaban J connectivity index is 1.90. The lowest BCUT2D eigenvalue weighted by Gasteiger charge is -2.13. The number of rotatable bonds is 5.